The van der Waals surface area contributed by atoms with Crippen LogP contribution in [0.3, 0.4) is 0 Å². The van der Waals surface area contributed by atoms with Crippen molar-refractivity contribution < 1.29 is 14.4 Å². The van der Waals surface area contributed by atoms with Gasteiger partial charge in [0.25, 0.3) is 11.8 Å². The van der Waals surface area contributed by atoms with Crippen molar-refractivity contribution in [3.63, 3.8) is 0 Å². The van der Waals surface area contributed by atoms with Crippen molar-refractivity contribution in [2.45, 2.75) is 33.1 Å². The molecule has 112 valence electrons. The van der Waals surface area contributed by atoms with E-state index in [2.05, 4.69) is 12.2 Å². The summed E-state index contributed by atoms with van der Waals surface area (Å²) in [5.41, 5.74) is 1.68. The minimum absolute atomic E-state index is 0.211. The van der Waals surface area contributed by atoms with Gasteiger partial charge in [-0.2, -0.15) is 0 Å². The van der Waals surface area contributed by atoms with Crippen LogP contribution in [0, 0.1) is 6.92 Å². The topological polar surface area (TPSA) is 66.5 Å². The summed E-state index contributed by atoms with van der Waals surface area (Å²) in [6, 6.07) is 5.12. The summed E-state index contributed by atoms with van der Waals surface area (Å²) in [6.45, 7) is 4.32. The average Bonchev–Trinajstić information content (AvgIpc) is 2.68. The smallest absolute Gasteiger partial charge is 0.262 e. The number of benzene rings is 1. The van der Waals surface area contributed by atoms with Gasteiger partial charge >= 0.3 is 0 Å². The normalized spacial score (nSPS) is 13.5. The third-order valence-corrected chi connectivity index (χ3v) is 3.53. The van der Waals surface area contributed by atoms with Crippen molar-refractivity contribution in [3.8, 4) is 0 Å². The summed E-state index contributed by atoms with van der Waals surface area (Å²) in [6.07, 6.45) is 3.03. The minimum Gasteiger partial charge on any atom is -0.355 e. The molecule has 1 N–H and O–H groups in total. The molecule has 1 aliphatic heterocycles. The van der Waals surface area contributed by atoms with E-state index in [4.69, 9.17) is 0 Å². The minimum atomic E-state index is -0.390. The third-order valence-electron chi connectivity index (χ3n) is 3.53. The largest absolute Gasteiger partial charge is 0.355 e. The molecule has 0 radical (unpaired) electrons. The summed E-state index contributed by atoms with van der Waals surface area (Å²) >= 11 is 0. The van der Waals surface area contributed by atoms with Crippen LogP contribution in [-0.2, 0) is 4.79 Å². The van der Waals surface area contributed by atoms with Gasteiger partial charge in [0.05, 0.1) is 11.1 Å². The molecule has 0 spiro atoms. The van der Waals surface area contributed by atoms with Gasteiger partial charge in [0.15, 0.2) is 0 Å². The van der Waals surface area contributed by atoms with Crippen LogP contribution in [0.4, 0.5) is 0 Å². The number of hydrogen-bond donors (Lipinski definition) is 1. The van der Waals surface area contributed by atoms with Crippen LogP contribution in [0.5, 0.6) is 0 Å². The molecule has 1 aliphatic rings. The first-order valence-corrected chi connectivity index (χ1v) is 7.28. The number of amides is 3. The second kappa shape index (κ2) is 6.52. The van der Waals surface area contributed by atoms with Crippen LogP contribution in [0.1, 0.15) is 52.5 Å². The Morgan fingerprint density at radius 3 is 2.57 bits per heavy atom. The molecule has 0 aromatic heterocycles. The van der Waals surface area contributed by atoms with Crippen molar-refractivity contribution in [1.29, 1.82) is 0 Å². The van der Waals surface area contributed by atoms with Gasteiger partial charge < -0.3 is 5.32 Å². The lowest BCUT2D eigenvalue weighted by molar-refractivity contribution is -0.121. The summed E-state index contributed by atoms with van der Waals surface area (Å²) in [4.78, 5) is 37.2. The molecule has 1 heterocycles. The SMILES string of the molecule is CCCCCNC(=O)CN1C(=O)c2ccc(C)cc2C1=O. The fourth-order valence-electron chi connectivity index (χ4n) is 2.35. The molecule has 0 bridgehead atoms. The van der Waals surface area contributed by atoms with E-state index in [0.29, 0.717) is 17.7 Å². The Labute approximate surface area is 124 Å². The van der Waals surface area contributed by atoms with E-state index in [0.717, 1.165) is 29.7 Å². The zero-order chi connectivity index (χ0) is 15.4. The lowest BCUT2D eigenvalue weighted by Crippen LogP contribution is -2.40. The van der Waals surface area contributed by atoms with Crippen molar-refractivity contribution in [1.82, 2.24) is 10.2 Å². The number of carbonyl (C=O) groups excluding carboxylic acids is 3. The quantitative estimate of drug-likeness (QED) is 0.642. The maximum absolute atomic E-state index is 12.2. The van der Waals surface area contributed by atoms with Gasteiger partial charge in [0.1, 0.15) is 6.54 Å². The molecule has 5 heteroatoms. The van der Waals surface area contributed by atoms with Crippen molar-refractivity contribution in [3.05, 3.63) is 34.9 Å². The van der Waals surface area contributed by atoms with E-state index >= 15 is 0 Å². The highest BCUT2D eigenvalue weighted by atomic mass is 16.2. The van der Waals surface area contributed by atoms with E-state index < -0.39 is 5.91 Å². The number of rotatable bonds is 6. The van der Waals surface area contributed by atoms with E-state index in [-0.39, 0.29) is 18.4 Å². The van der Waals surface area contributed by atoms with Gasteiger partial charge in [0, 0.05) is 6.54 Å². The number of aryl methyl sites for hydroxylation is 1. The second-order valence-electron chi connectivity index (χ2n) is 5.30. The first-order chi connectivity index (χ1) is 10.0. The Morgan fingerprint density at radius 1 is 1.14 bits per heavy atom. The van der Waals surface area contributed by atoms with Crippen molar-refractivity contribution in [2.24, 2.45) is 0 Å². The molecule has 0 aliphatic carbocycles. The number of imide groups is 1. The van der Waals surface area contributed by atoms with Gasteiger partial charge in [0.2, 0.25) is 5.91 Å². The molecule has 2 rings (SSSR count). The summed E-state index contributed by atoms with van der Waals surface area (Å²) in [5, 5.41) is 2.74. The van der Waals surface area contributed by atoms with E-state index in [9.17, 15) is 14.4 Å². The number of unbranched alkanes of at least 4 members (excludes halogenated alkanes) is 2. The van der Waals surface area contributed by atoms with Crippen LogP contribution in [0.15, 0.2) is 18.2 Å². The third kappa shape index (κ3) is 3.29. The zero-order valence-electron chi connectivity index (χ0n) is 12.4. The van der Waals surface area contributed by atoms with Gasteiger partial charge in [-0.15, -0.1) is 0 Å². The van der Waals surface area contributed by atoms with Crippen LogP contribution in [0.2, 0.25) is 0 Å². The van der Waals surface area contributed by atoms with Gasteiger partial charge in [-0.1, -0.05) is 31.4 Å². The van der Waals surface area contributed by atoms with Gasteiger partial charge in [-0.3, -0.25) is 19.3 Å². The monoisotopic (exact) mass is 288 g/mol. The Morgan fingerprint density at radius 2 is 1.86 bits per heavy atom. The highest BCUT2D eigenvalue weighted by Crippen LogP contribution is 2.23. The molecule has 21 heavy (non-hydrogen) atoms. The van der Waals surface area contributed by atoms with Gasteiger partial charge in [-0.25, -0.2) is 0 Å². The maximum Gasteiger partial charge on any atom is 0.262 e. The first-order valence-electron chi connectivity index (χ1n) is 7.28. The predicted octanol–water partition coefficient (Wildman–Crippen LogP) is 1.90. The molecule has 5 nitrogen and oxygen atoms in total. The lowest BCUT2D eigenvalue weighted by Gasteiger charge is -2.13. The summed E-state index contributed by atoms with van der Waals surface area (Å²) in [5.74, 6) is -1.07. The zero-order valence-corrected chi connectivity index (χ0v) is 12.4. The van der Waals surface area contributed by atoms with E-state index in [1.807, 2.05) is 6.92 Å². The van der Waals surface area contributed by atoms with Crippen molar-refractivity contribution >= 4 is 17.7 Å². The molecule has 3 amide bonds. The molecule has 0 fully saturated rings. The standard InChI is InChI=1S/C16H20N2O3/c1-3-4-5-8-17-14(19)10-18-15(20)12-7-6-11(2)9-13(12)16(18)21/h6-7,9H,3-5,8,10H2,1-2H3,(H,17,19). The number of nitrogens with one attached hydrogen (secondary N) is 1. The molecule has 0 atom stereocenters. The number of carbonyl (C=O) groups is 3. The maximum atomic E-state index is 12.2. The summed E-state index contributed by atoms with van der Waals surface area (Å²) < 4.78 is 0. The molecule has 0 unspecified atom stereocenters. The molecule has 0 saturated carbocycles. The van der Waals surface area contributed by atoms with Crippen molar-refractivity contribution in [2.75, 3.05) is 13.1 Å². The highest BCUT2D eigenvalue weighted by Gasteiger charge is 2.36. The fraction of sp³-hybridized carbons (Fsp3) is 0.438. The predicted molar refractivity (Wildman–Crippen MR) is 79.1 cm³/mol. The fourth-order valence-corrected chi connectivity index (χ4v) is 2.35. The summed E-state index contributed by atoms with van der Waals surface area (Å²) in [7, 11) is 0. The Hall–Kier alpha value is -2.17. The van der Waals surface area contributed by atoms with Crippen LogP contribution in [-0.4, -0.2) is 35.7 Å². The second-order valence-corrected chi connectivity index (χ2v) is 5.30. The van der Waals surface area contributed by atoms with E-state index in [1.54, 1.807) is 18.2 Å². The Bertz CT molecular complexity index is 581. The van der Waals surface area contributed by atoms with Crippen LogP contribution < -0.4 is 5.32 Å². The Kier molecular flexibility index (Phi) is 4.73. The van der Waals surface area contributed by atoms with Gasteiger partial charge in [-0.05, 0) is 25.5 Å². The average molecular weight is 288 g/mol. The molecule has 1 aromatic carbocycles. The Balaban J connectivity index is 1.98. The lowest BCUT2D eigenvalue weighted by atomic mass is 10.1. The number of hydrogen-bond acceptors (Lipinski definition) is 3. The number of fused-ring (bicyclic) bond motifs is 1. The van der Waals surface area contributed by atoms with Crippen LogP contribution in [0.25, 0.3) is 0 Å². The molecule has 1 aromatic rings. The van der Waals surface area contributed by atoms with E-state index in [1.165, 1.54) is 0 Å². The molecule has 0 saturated heterocycles. The molecular weight excluding hydrogens is 268 g/mol. The van der Waals surface area contributed by atoms with Crippen LogP contribution >= 0.6 is 0 Å². The highest BCUT2D eigenvalue weighted by molar-refractivity contribution is 6.22. The number of nitrogens with zero attached hydrogens (tertiary/aromatic N) is 1. The first kappa shape index (κ1) is 15.2. The molecular formula is C16H20N2O3.